The van der Waals surface area contributed by atoms with Crippen LogP contribution in [-0.2, 0) is 16.0 Å². The van der Waals surface area contributed by atoms with Crippen LogP contribution < -0.4 is 0 Å². The van der Waals surface area contributed by atoms with E-state index in [0.717, 1.165) is 29.3 Å². The Morgan fingerprint density at radius 3 is 2.81 bits per heavy atom. The summed E-state index contributed by atoms with van der Waals surface area (Å²) in [5.74, 6) is -1.00. The Labute approximate surface area is 122 Å². The van der Waals surface area contributed by atoms with Crippen LogP contribution in [0.25, 0.3) is 10.9 Å². The molecule has 110 valence electrons. The lowest BCUT2D eigenvalue weighted by Crippen LogP contribution is -2.37. The van der Waals surface area contributed by atoms with E-state index < -0.39 is 5.97 Å². The van der Waals surface area contributed by atoms with Gasteiger partial charge in [-0.3, -0.25) is 9.59 Å². The van der Waals surface area contributed by atoms with Gasteiger partial charge >= 0.3 is 5.97 Å². The second kappa shape index (κ2) is 5.60. The van der Waals surface area contributed by atoms with Crippen molar-refractivity contribution in [3.05, 3.63) is 36.0 Å². The molecule has 2 aromatic rings. The number of aromatic amines is 1. The summed E-state index contributed by atoms with van der Waals surface area (Å²) in [4.78, 5) is 27.7. The van der Waals surface area contributed by atoms with Gasteiger partial charge in [-0.05, 0) is 48.4 Å². The standard InChI is InChI=1S/C16H18N2O3/c19-15(18(10-16(20)21)13-3-4-13)6-2-11-1-5-14-12(9-11)7-8-17-14/h1,5,7-9,13,17H,2-4,6,10H2,(H,20,21). The highest BCUT2D eigenvalue weighted by Crippen LogP contribution is 2.27. The molecule has 0 aliphatic heterocycles. The molecule has 2 N–H and O–H groups in total. The Balaban J connectivity index is 1.62. The average molecular weight is 286 g/mol. The van der Waals surface area contributed by atoms with Gasteiger partial charge in [0.2, 0.25) is 5.91 Å². The number of fused-ring (bicyclic) bond motifs is 1. The van der Waals surface area contributed by atoms with E-state index in [4.69, 9.17) is 5.11 Å². The molecule has 1 saturated carbocycles. The minimum atomic E-state index is -0.941. The van der Waals surface area contributed by atoms with Crippen molar-refractivity contribution in [3.8, 4) is 0 Å². The van der Waals surface area contributed by atoms with Gasteiger partial charge in [-0.15, -0.1) is 0 Å². The van der Waals surface area contributed by atoms with Crippen LogP contribution in [0.1, 0.15) is 24.8 Å². The predicted molar refractivity (Wildman–Crippen MR) is 79.0 cm³/mol. The highest BCUT2D eigenvalue weighted by Gasteiger charge is 2.33. The Bertz CT molecular complexity index is 673. The van der Waals surface area contributed by atoms with Crippen molar-refractivity contribution in [2.75, 3.05) is 6.54 Å². The first kappa shape index (κ1) is 13.7. The minimum Gasteiger partial charge on any atom is -0.480 e. The fourth-order valence-corrected chi connectivity index (χ4v) is 2.61. The number of H-pyrrole nitrogens is 1. The van der Waals surface area contributed by atoms with Crippen LogP contribution >= 0.6 is 0 Å². The molecule has 0 atom stereocenters. The van der Waals surface area contributed by atoms with E-state index in [0.29, 0.717) is 12.8 Å². The van der Waals surface area contributed by atoms with Crippen molar-refractivity contribution in [1.82, 2.24) is 9.88 Å². The zero-order valence-electron chi connectivity index (χ0n) is 11.7. The third-order valence-corrected chi connectivity index (χ3v) is 3.86. The molecule has 21 heavy (non-hydrogen) atoms. The molecule has 1 aliphatic rings. The van der Waals surface area contributed by atoms with Crippen LogP contribution in [-0.4, -0.2) is 39.5 Å². The van der Waals surface area contributed by atoms with Crippen LogP contribution in [0.15, 0.2) is 30.5 Å². The van der Waals surface area contributed by atoms with Crippen LogP contribution in [0, 0.1) is 0 Å². The van der Waals surface area contributed by atoms with Gasteiger partial charge in [0.05, 0.1) is 0 Å². The van der Waals surface area contributed by atoms with Crippen molar-refractivity contribution in [1.29, 1.82) is 0 Å². The maximum atomic E-state index is 12.2. The van der Waals surface area contributed by atoms with Gasteiger partial charge in [0.25, 0.3) is 0 Å². The molecule has 1 amide bonds. The minimum absolute atomic E-state index is 0.0611. The van der Waals surface area contributed by atoms with Crippen LogP contribution in [0.4, 0.5) is 0 Å². The SMILES string of the molecule is O=C(O)CN(C(=O)CCc1ccc2[nH]ccc2c1)C1CC1. The van der Waals surface area contributed by atoms with Crippen molar-refractivity contribution < 1.29 is 14.7 Å². The number of carbonyl (C=O) groups excluding carboxylic acids is 1. The second-order valence-electron chi connectivity index (χ2n) is 5.55. The fraction of sp³-hybridized carbons (Fsp3) is 0.375. The number of hydrogen-bond donors (Lipinski definition) is 2. The van der Waals surface area contributed by atoms with E-state index >= 15 is 0 Å². The summed E-state index contributed by atoms with van der Waals surface area (Å²) in [6, 6.07) is 8.22. The van der Waals surface area contributed by atoms with E-state index in [-0.39, 0.29) is 18.5 Å². The van der Waals surface area contributed by atoms with Crippen molar-refractivity contribution in [3.63, 3.8) is 0 Å². The topological polar surface area (TPSA) is 73.4 Å². The number of aliphatic carboxylic acids is 1. The van der Waals surface area contributed by atoms with Gasteiger partial charge < -0.3 is 15.0 Å². The number of rotatable bonds is 6. The number of aromatic nitrogens is 1. The van der Waals surface area contributed by atoms with Gasteiger partial charge in [-0.2, -0.15) is 0 Å². The number of benzene rings is 1. The third kappa shape index (κ3) is 3.24. The Morgan fingerprint density at radius 2 is 2.10 bits per heavy atom. The molecule has 1 aliphatic carbocycles. The van der Waals surface area contributed by atoms with Crippen molar-refractivity contribution in [2.45, 2.75) is 31.7 Å². The number of carboxylic acids is 1. The van der Waals surface area contributed by atoms with Gasteiger partial charge in [0, 0.05) is 24.2 Å². The zero-order chi connectivity index (χ0) is 14.8. The number of hydrogen-bond acceptors (Lipinski definition) is 2. The molecule has 5 nitrogen and oxygen atoms in total. The van der Waals surface area contributed by atoms with Crippen LogP contribution in [0.5, 0.6) is 0 Å². The lowest BCUT2D eigenvalue weighted by molar-refractivity contribution is -0.144. The van der Waals surface area contributed by atoms with Gasteiger partial charge in [0.1, 0.15) is 6.54 Å². The van der Waals surface area contributed by atoms with E-state index in [2.05, 4.69) is 11.1 Å². The first-order valence-corrected chi connectivity index (χ1v) is 7.21. The number of aryl methyl sites for hydroxylation is 1. The number of carbonyl (C=O) groups is 2. The first-order chi connectivity index (χ1) is 10.1. The number of amides is 1. The Morgan fingerprint density at radius 1 is 1.29 bits per heavy atom. The number of nitrogens with one attached hydrogen (secondary N) is 1. The lowest BCUT2D eigenvalue weighted by atomic mass is 10.1. The van der Waals surface area contributed by atoms with E-state index in [9.17, 15) is 9.59 Å². The summed E-state index contributed by atoms with van der Waals surface area (Å²) in [5, 5.41) is 10.0. The smallest absolute Gasteiger partial charge is 0.323 e. The molecular weight excluding hydrogens is 268 g/mol. The maximum Gasteiger partial charge on any atom is 0.323 e. The predicted octanol–water partition coefficient (Wildman–Crippen LogP) is 2.18. The molecule has 5 heteroatoms. The van der Waals surface area contributed by atoms with E-state index in [1.54, 1.807) is 0 Å². The number of carboxylic acid groups (broad SMARTS) is 1. The summed E-state index contributed by atoms with van der Waals surface area (Å²) in [6.45, 7) is -0.180. The Hall–Kier alpha value is -2.30. The van der Waals surface area contributed by atoms with Crippen molar-refractivity contribution in [2.24, 2.45) is 0 Å². The summed E-state index contributed by atoms with van der Waals surface area (Å²) in [5.41, 5.74) is 2.18. The molecule has 1 fully saturated rings. The highest BCUT2D eigenvalue weighted by molar-refractivity contribution is 5.83. The second-order valence-corrected chi connectivity index (χ2v) is 5.55. The lowest BCUT2D eigenvalue weighted by Gasteiger charge is -2.20. The third-order valence-electron chi connectivity index (χ3n) is 3.86. The van der Waals surface area contributed by atoms with Crippen LogP contribution in [0.2, 0.25) is 0 Å². The van der Waals surface area contributed by atoms with Crippen LogP contribution in [0.3, 0.4) is 0 Å². The van der Waals surface area contributed by atoms with Crippen molar-refractivity contribution >= 4 is 22.8 Å². The first-order valence-electron chi connectivity index (χ1n) is 7.21. The number of nitrogens with zero attached hydrogens (tertiary/aromatic N) is 1. The summed E-state index contributed by atoms with van der Waals surface area (Å²) < 4.78 is 0. The Kier molecular flexibility index (Phi) is 3.64. The molecule has 0 saturated heterocycles. The molecule has 1 aromatic heterocycles. The van der Waals surface area contributed by atoms with Gasteiger partial charge in [-0.1, -0.05) is 6.07 Å². The molecule has 1 heterocycles. The quantitative estimate of drug-likeness (QED) is 0.854. The molecule has 0 radical (unpaired) electrons. The normalized spacial score (nSPS) is 14.3. The van der Waals surface area contributed by atoms with Gasteiger partial charge in [-0.25, -0.2) is 0 Å². The monoisotopic (exact) mass is 286 g/mol. The summed E-state index contributed by atoms with van der Waals surface area (Å²) in [7, 11) is 0. The van der Waals surface area contributed by atoms with E-state index in [1.807, 2.05) is 24.4 Å². The molecular formula is C16H18N2O3. The average Bonchev–Trinajstić information content (AvgIpc) is 3.19. The summed E-state index contributed by atoms with van der Waals surface area (Å²) >= 11 is 0. The maximum absolute atomic E-state index is 12.2. The molecule has 0 spiro atoms. The summed E-state index contributed by atoms with van der Waals surface area (Å²) in [6.07, 6.45) is 4.74. The fourth-order valence-electron chi connectivity index (χ4n) is 2.61. The van der Waals surface area contributed by atoms with E-state index in [1.165, 1.54) is 4.90 Å². The zero-order valence-corrected chi connectivity index (χ0v) is 11.7. The molecule has 1 aromatic carbocycles. The molecule has 0 unspecified atom stereocenters. The molecule has 0 bridgehead atoms. The van der Waals surface area contributed by atoms with Gasteiger partial charge in [0.15, 0.2) is 0 Å². The largest absolute Gasteiger partial charge is 0.480 e. The highest BCUT2D eigenvalue weighted by atomic mass is 16.4. The molecule has 3 rings (SSSR count).